The smallest absolute Gasteiger partial charge is 0.0100 e. The van der Waals surface area contributed by atoms with Gasteiger partial charge in [-0.25, -0.2) is 0 Å². The summed E-state index contributed by atoms with van der Waals surface area (Å²) in [5.41, 5.74) is 0.950. The molecule has 102 valence electrons. The normalized spacial score (nSPS) is 24.0. The molecule has 0 saturated carbocycles. The van der Waals surface area contributed by atoms with Crippen molar-refractivity contribution < 1.29 is 0 Å². The SMILES string of the molecule is CC(C)(C)CCN1CCCCC1CC(C)(C)C. The van der Waals surface area contributed by atoms with Gasteiger partial charge in [-0.2, -0.15) is 0 Å². The van der Waals surface area contributed by atoms with Gasteiger partial charge in [-0.1, -0.05) is 48.0 Å². The summed E-state index contributed by atoms with van der Waals surface area (Å²) in [5, 5.41) is 0. The Hall–Kier alpha value is -0.0400. The summed E-state index contributed by atoms with van der Waals surface area (Å²) in [5.74, 6) is 0. The fraction of sp³-hybridized carbons (Fsp3) is 1.00. The van der Waals surface area contributed by atoms with E-state index in [1.165, 1.54) is 45.2 Å². The van der Waals surface area contributed by atoms with Gasteiger partial charge in [0.15, 0.2) is 0 Å². The first kappa shape index (κ1) is 15.0. The van der Waals surface area contributed by atoms with E-state index in [9.17, 15) is 0 Å². The topological polar surface area (TPSA) is 3.24 Å². The van der Waals surface area contributed by atoms with Gasteiger partial charge in [0.2, 0.25) is 0 Å². The van der Waals surface area contributed by atoms with E-state index in [1.54, 1.807) is 0 Å². The summed E-state index contributed by atoms with van der Waals surface area (Å²) in [6.07, 6.45) is 6.95. The van der Waals surface area contributed by atoms with E-state index in [0.29, 0.717) is 10.8 Å². The Morgan fingerprint density at radius 1 is 0.941 bits per heavy atom. The van der Waals surface area contributed by atoms with Gasteiger partial charge in [-0.15, -0.1) is 0 Å². The lowest BCUT2D eigenvalue weighted by Gasteiger charge is -2.40. The van der Waals surface area contributed by atoms with Crippen molar-refractivity contribution in [2.24, 2.45) is 10.8 Å². The van der Waals surface area contributed by atoms with Crippen LogP contribution >= 0.6 is 0 Å². The molecule has 0 N–H and O–H groups in total. The third-order valence-electron chi connectivity index (χ3n) is 3.75. The van der Waals surface area contributed by atoms with Crippen molar-refractivity contribution in [3.63, 3.8) is 0 Å². The number of nitrogens with zero attached hydrogens (tertiary/aromatic N) is 1. The Labute approximate surface area is 109 Å². The average Bonchev–Trinajstić information content (AvgIpc) is 2.12. The molecule has 1 atom stereocenters. The maximum absolute atomic E-state index is 2.76. The van der Waals surface area contributed by atoms with Crippen LogP contribution in [0.2, 0.25) is 0 Å². The zero-order valence-corrected chi connectivity index (χ0v) is 13.0. The Balaban J connectivity index is 2.48. The first-order chi connectivity index (χ1) is 7.67. The summed E-state index contributed by atoms with van der Waals surface area (Å²) >= 11 is 0. The first-order valence-electron chi connectivity index (χ1n) is 7.41. The predicted molar refractivity (Wildman–Crippen MR) is 77.4 cm³/mol. The first-order valence-corrected chi connectivity index (χ1v) is 7.41. The van der Waals surface area contributed by atoms with Gasteiger partial charge in [-0.3, -0.25) is 0 Å². The highest BCUT2D eigenvalue weighted by atomic mass is 15.2. The standard InChI is InChI=1S/C16H33N/c1-15(2,3)10-12-17-11-8-7-9-14(17)13-16(4,5)6/h14H,7-13H2,1-6H3. The molecule has 1 aliphatic rings. The quantitative estimate of drug-likeness (QED) is 0.689. The van der Waals surface area contributed by atoms with E-state index in [0.717, 1.165) is 6.04 Å². The number of likely N-dealkylation sites (tertiary alicyclic amines) is 1. The van der Waals surface area contributed by atoms with Crippen LogP contribution in [0.1, 0.15) is 73.6 Å². The van der Waals surface area contributed by atoms with Crippen LogP contribution in [-0.2, 0) is 0 Å². The van der Waals surface area contributed by atoms with Crippen LogP contribution in [0, 0.1) is 10.8 Å². The highest BCUT2D eigenvalue weighted by Gasteiger charge is 2.27. The van der Waals surface area contributed by atoms with Crippen LogP contribution in [0.3, 0.4) is 0 Å². The maximum atomic E-state index is 2.76. The van der Waals surface area contributed by atoms with Crippen LogP contribution in [-0.4, -0.2) is 24.0 Å². The van der Waals surface area contributed by atoms with Crippen LogP contribution in [0.15, 0.2) is 0 Å². The molecule has 17 heavy (non-hydrogen) atoms. The zero-order valence-electron chi connectivity index (χ0n) is 13.0. The summed E-state index contributed by atoms with van der Waals surface area (Å²) < 4.78 is 0. The second-order valence-corrected chi connectivity index (χ2v) is 8.26. The molecule has 0 bridgehead atoms. The molecule has 0 radical (unpaired) electrons. The van der Waals surface area contributed by atoms with E-state index in [-0.39, 0.29) is 0 Å². The molecule has 1 rings (SSSR count). The molecule has 0 aliphatic carbocycles. The zero-order chi connectivity index (χ0) is 13.1. The molecule has 1 heteroatoms. The van der Waals surface area contributed by atoms with Gasteiger partial charge in [0.25, 0.3) is 0 Å². The van der Waals surface area contributed by atoms with Gasteiger partial charge in [0, 0.05) is 6.04 Å². The van der Waals surface area contributed by atoms with Gasteiger partial charge in [0.05, 0.1) is 0 Å². The van der Waals surface area contributed by atoms with Gasteiger partial charge in [-0.05, 0) is 49.6 Å². The Morgan fingerprint density at radius 3 is 2.12 bits per heavy atom. The molecule has 1 fully saturated rings. The minimum Gasteiger partial charge on any atom is -0.300 e. The lowest BCUT2D eigenvalue weighted by Crippen LogP contribution is -2.42. The molecule has 1 unspecified atom stereocenters. The highest BCUT2D eigenvalue weighted by molar-refractivity contribution is 4.82. The fourth-order valence-electron chi connectivity index (χ4n) is 2.77. The Morgan fingerprint density at radius 2 is 1.59 bits per heavy atom. The van der Waals surface area contributed by atoms with Crippen molar-refractivity contribution in [3.05, 3.63) is 0 Å². The Bertz CT molecular complexity index is 219. The maximum Gasteiger partial charge on any atom is 0.0100 e. The largest absolute Gasteiger partial charge is 0.300 e. The fourth-order valence-corrected chi connectivity index (χ4v) is 2.77. The highest BCUT2D eigenvalue weighted by Crippen LogP contribution is 2.30. The van der Waals surface area contributed by atoms with Crippen molar-refractivity contribution in [1.29, 1.82) is 0 Å². The van der Waals surface area contributed by atoms with Crippen molar-refractivity contribution in [2.75, 3.05) is 13.1 Å². The molecule has 1 nitrogen and oxygen atoms in total. The molecule has 0 aromatic rings. The van der Waals surface area contributed by atoms with E-state index >= 15 is 0 Å². The molecular weight excluding hydrogens is 206 g/mol. The number of hydrogen-bond donors (Lipinski definition) is 0. The van der Waals surface area contributed by atoms with Crippen LogP contribution < -0.4 is 0 Å². The molecule has 0 amide bonds. The van der Waals surface area contributed by atoms with Crippen molar-refractivity contribution in [1.82, 2.24) is 4.90 Å². The number of hydrogen-bond acceptors (Lipinski definition) is 1. The monoisotopic (exact) mass is 239 g/mol. The van der Waals surface area contributed by atoms with Crippen LogP contribution in [0.5, 0.6) is 0 Å². The third-order valence-corrected chi connectivity index (χ3v) is 3.75. The van der Waals surface area contributed by atoms with E-state index in [2.05, 4.69) is 46.4 Å². The molecule has 1 saturated heterocycles. The Kier molecular flexibility index (Phi) is 5.07. The number of piperidine rings is 1. The van der Waals surface area contributed by atoms with Crippen molar-refractivity contribution in [3.8, 4) is 0 Å². The van der Waals surface area contributed by atoms with Crippen LogP contribution in [0.4, 0.5) is 0 Å². The third kappa shape index (κ3) is 6.45. The second-order valence-electron chi connectivity index (χ2n) is 8.26. The summed E-state index contributed by atoms with van der Waals surface area (Å²) in [6, 6.07) is 0.839. The molecular formula is C16H33N. The molecule has 0 aromatic carbocycles. The van der Waals surface area contributed by atoms with Crippen molar-refractivity contribution >= 4 is 0 Å². The van der Waals surface area contributed by atoms with Gasteiger partial charge < -0.3 is 4.90 Å². The van der Waals surface area contributed by atoms with E-state index in [1.807, 2.05) is 0 Å². The molecule has 1 heterocycles. The molecule has 0 aromatic heterocycles. The lowest BCUT2D eigenvalue weighted by molar-refractivity contribution is 0.0972. The van der Waals surface area contributed by atoms with E-state index in [4.69, 9.17) is 0 Å². The molecule has 1 aliphatic heterocycles. The minimum atomic E-state index is 0.474. The molecule has 0 spiro atoms. The summed E-state index contributed by atoms with van der Waals surface area (Å²) in [6.45, 7) is 16.8. The average molecular weight is 239 g/mol. The summed E-state index contributed by atoms with van der Waals surface area (Å²) in [4.78, 5) is 2.76. The summed E-state index contributed by atoms with van der Waals surface area (Å²) in [7, 11) is 0. The second kappa shape index (κ2) is 5.73. The van der Waals surface area contributed by atoms with E-state index < -0.39 is 0 Å². The van der Waals surface area contributed by atoms with Crippen LogP contribution in [0.25, 0.3) is 0 Å². The van der Waals surface area contributed by atoms with Gasteiger partial charge >= 0.3 is 0 Å². The van der Waals surface area contributed by atoms with Gasteiger partial charge in [0.1, 0.15) is 0 Å². The van der Waals surface area contributed by atoms with Crippen molar-refractivity contribution in [2.45, 2.75) is 79.7 Å². The minimum absolute atomic E-state index is 0.474. The lowest BCUT2D eigenvalue weighted by atomic mass is 9.83. The number of rotatable bonds is 3. The predicted octanol–water partition coefficient (Wildman–Crippen LogP) is 4.71.